The summed E-state index contributed by atoms with van der Waals surface area (Å²) < 4.78 is 14.6. The lowest BCUT2D eigenvalue weighted by Gasteiger charge is -2.36. The Kier molecular flexibility index (Phi) is 5.93. The average molecular weight is 281 g/mol. The van der Waals surface area contributed by atoms with Crippen LogP contribution in [0.1, 0.15) is 46.6 Å². The average Bonchev–Trinajstić information content (AvgIpc) is 2.38. The monoisotopic (exact) mass is 281 g/mol. The molecule has 0 fully saturated rings. The van der Waals surface area contributed by atoms with Crippen molar-refractivity contribution in [3.63, 3.8) is 0 Å². The van der Waals surface area contributed by atoms with E-state index in [1.54, 1.807) is 12.3 Å². The zero-order valence-electron chi connectivity index (χ0n) is 13.6. The van der Waals surface area contributed by atoms with Crippen molar-refractivity contribution in [3.8, 4) is 0 Å². The lowest BCUT2D eigenvalue weighted by atomic mass is 9.87. The van der Waals surface area contributed by atoms with Crippen molar-refractivity contribution in [1.29, 1.82) is 0 Å². The number of nitrogens with one attached hydrogen (secondary N) is 1. The minimum Gasteiger partial charge on any atom is -0.354 e. The van der Waals surface area contributed by atoms with Crippen molar-refractivity contribution >= 4 is 5.82 Å². The number of halogens is 1. The highest BCUT2D eigenvalue weighted by Crippen LogP contribution is 2.28. The van der Waals surface area contributed by atoms with E-state index in [-0.39, 0.29) is 17.3 Å². The highest BCUT2D eigenvalue weighted by atomic mass is 19.1. The predicted molar refractivity (Wildman–Crippen MR) is 83.5 cm³/mol. The van der Waals surface area contributed by atoms with Gasteiger partial charge in [-0.3, -0.25) is 0 Å². The summed E-state index contributed by atoms with van der Waals surface area (Å²) in [6.45, 7) is 12.1. The SMILES string of the molecule is CCCNCc1ccnc(N(C)C(C)C(C)(C)C)c1F. The molecule has 0 aliphatic rings. The zero-order valence-corrected chi connectivity index (χ0v) is 13.6. The quantitative estimate of drug-likeness (QED) is 0.808. The van der Waals surface area contributed by atoms with Gasteiger partial charge in [0, 0.05) is 31.4 Å². The number of aromatic nitrogens is 1. The van der Waals surface area contributed by atoms with Crippen molar-refractivity contribution < 1.29 is 4.39 Å². The van der Waals surface area contributed by atoms with Crippen LogP contribution in [0, 0.1) is 11.2 Å². The number of hydrogen-bond donors (Lipinski definition) is 1. The van der Waals surface area contributed by atoms with E-state index in [0.717, 1.165) is 13.0 Å². The maximum atomic E-state index is 14.6. The van der Waals surface area contributed by atoms with Crippen LogP contribution in [-0.4, -0.2) is 24.6 Å². The summed E-state index contributed by atoms with van der Waals surface area (Å²) in [6.07, 6.45) is 2.73. The molecule has 20 heavy (non-hydrogen) atoms. The molecule has 4 heteroatoms. The van der Waals surface area contributed by atoms with Gasteiger partial charge in [0.05, 0.1) is 0 Å². The Balaban J connectivity index is 2.93. The second-order valence-corrected chi connectivity index (χ2v) is 6.44. The summed E-state index contributed by atoms with van der Waals surface area (Å²) in [7, 11) is 1.91. The summed E-state index contributed by atoms with van der Waals surface area (Å²) in [5.74, 6) is 0.220. The Morgan fingerprint density at radius 1 is 1.40 bits per heavy atom. The molecule has 0 aliphatic carbocycles. The third-order valence-electron chi connectivity index (χ3n) is 3.86. The largest absolute Gasteiger partial charge is 0.354 e. The molecule has 114 valence electrons. The molecule has 0 aromatic carbocycles. The van der Waals surface area contributed by atoms with Crippen LogP contribution in [-0.2, 0) is 6.54 Å². The topological polar surface area (TPSA) is 28.2 Å². The molecule has 1 aromatic heterocycles. The lowest BCUT2D eigenvalue weighted by molar-refractivity contribution is 0.326. The van der Waals surface area contributed by atoms with Crippen LogP contribution in [0.5, 0.6) is 0 Å². The summed E-state index contributed by atoms with van der Waals surface area (Å²) in [5.41, 5.74) is 0.746. The maximum absolute atomic E-state index is 14.6. The summed E-state index contributed by atoms with van der Waals surface area (Å²) >= 11 is 0. The standard InChI is InChI=1S/C16H28FN3/c1-7-9-18-11-13-8-10-19-15(14(13)17)20(6)12(2)16(3,4)5/h8,10,12,18H,7,9,11H2,1-6H3. The number of pyridine rings is 1. The van der Waals surface area contributed by atoms with E-state index in [1.165, 1.54) is 0 Å². The van der Waals surface area contributed by atoms with Gasteiger partial charge in [-0.2, -0.15) is 0 Å². The van der Waals surface area contributed by atoms with E-state index < -0.39 is 0 Å². The first kappa shape index (κ1) is 16.9. The Bertz CT molecular complexity index is 426. The second-order valence-electron chi connectivity index (χ2n) is 6.44. The molecule has 1 N–H and O–H groups in total. The van der Waals surface area contributed by atoms with Gasteiger partial charge in [-0.1, -0.05) is 27.7 Å². The van der Waals surface area contributed by atoms with Crippen molar-refractivity contribution in [1.82, 2.24) is 10.3 Å². The molecule has 0 saturated carbocycles. The van der Waals surface area contributed by atoms with Crippen molar-refractivity contribution in [2.24, 2.45) is 5.41 Å². The normalized spacial score (nSPS) is 13.3. The van der Waals surface area contributed by atoms with Gasteiger partial charge in [-0.15, -0.1) is 0 Å². The fourth-order valence-corrected chi connectivity index (χ4v) is 2.02. The van der Waals surface area contributed by atoms with Gasteiger partial charge in [0.25, 0.3) is 0 Å². The van der Waals surface area contributed by atoms with Gasteiger partial charge >= 0.3 is 0 Å². The first-order valence-corrected chi connectivity index (χ1v) is 7.36. The Morgan fingerprint density at radius 2 is 2.05 bits per heavy atom. The third-order valence-corrected chi connectivity index (χ3v) is 3.86. The summed E-state index contributed by atoms with van der Waals surface area (Å²) in [4.78, 5) is 6.15. The maximum Gasteiger partial charge on any atom is 0.170 e. The summed E-state index contributed by atoms with van der Waals surface area (Å²) in [6, 6.07) is 1.94. The minimum atomic E-state index is -0.213. The third kappa shape index (κ3) is 4.17. The van der Waals surface area contributed by atoms with Crippen LogP contribution in [0.3, 0.4) is 0 Å². The molecular weight excluding hydrogens is 253 g/mol. The molecule has 1 rings (SSSR count). The molecule has 0 bridgehead atoms. The molecule has 1 aromatic rings. The lowest BCUT2D eigenvalue weighted by Crippen LogP contribution is -2.40. The van der Waals surface area contributed by atoms with E-state index in [2.05, 4.69) is 44.9 Å². The van der Waals surface area contributed by atoms with Gasteiger partial charge in [-0.05, 0) is 31.4 Å². The Morgan fingerprint density at radius 3 is 2.60 bits per heavy atom. The number of rotatable bonds is 6. The van der Waals surface area contributed by atoms with Crippen LogP contribution >= 0.6 is 0 Å². The molecular formula is C16H28FN3. The van der Waals surface area contributed by atoms with E-state index in [9.17, 15) is 4.39 Å². The molecule has 0 saturated heterocycles. The van der Waals surface area contributed by atoms with Crippen LogP contribution in [0.25, 0.3) is 0 Å². The molecule has 3 nitrogen and oxygen atoms in total. The van der Waals surface area contributed by atoms with Crippen LogP contribution in [0.2, 0.25) is 0 Å². The first-order valence-electron chi connectivity index (χ1n) is 7.36. The molecule has 0 aliphatic heterocycles. The van der Waals surface area contributed by atoms with E-state index in [4.69, 9.17) is 0 Å². The fourth-order valence-electron chi connectivity index (χ4n) is 2.02. The van der Waals surface area contributed by atoms with Gasteiger partial charge in [0.15, 0.2) is 11.6 Å². The van der Waals surface area contributed by atoms with Crippen LogP contribution in [0.4, 0.5) is 10.2 Å². The smallest absolute Gasteiger partial charge is 0.170 e. The molecule has 0 spiro atoms. The molecule has 1 atom stereocenters. The predicted octanol–water partition coefficient (Wildman–Crippen LogP) is 3.59. The van der Waals surface area contributed by atoms with Crippen LogP contribution in [0.15, 0.2) is 12.3 Å². The number of hydrogen-bond acceptors (Lipinski definition) is 3. The van der Waals surface area contributed by atoms with Crippen molar-refractivity contribution in [2.75, 3.05) is 18.5 Å². The highest BCUT2D eigenvalue weighted by molar-refractivity contribution is 5.43. The van der Waals surface area contributed by atoms with E-state index in [1.807, 2.05) is 11.9 Å². The number of nitrogens with zero attached hydrogens (tertiary/aromatic N) is 2. The molecule has 0 radical (unpaired) electrons. The fraction of sp³-hybridized carbons (Fsp3) is 0.688. The molecule has 1 heterocycles. The second kappa shape index (κ2) is 7.02. The first-order chi connectivity index (χ1) is 9.29. The van der Waals surface area contributed by atoms with Gasteiger partial charge in [-0.25, -0.2) is 9.37 Å². The van der Waals surface area contributed by atoms with Crippen molar-refractivity contribution in [2.45, 2.75) is 53.6 Å². The van der Waals surface area contributed by atoms with Gasteiger partial charge in [0.1, 0.15) is 0 Å². The van der Waals surface area contributed by atoms with Gasteiger partial charge < -0.3 is 10.2 Å². The minimum absolute atomic E-state index is 0.0688. The van der Waals surface area contributed by atoms with E-state index >= 15 is 0 Å². The highest BCUT2D eigenvalue weighted by Gasteiger charge is 2.26. The molecule has 1 unspecified atom stereocenters. The Hall–Kier alpha value is -1.16. The number of anilines is 1. The van der Waals surface area contributed by atoms with Gasteiger partial charge in [0.2, 0.25) is 0 Å². The Labute approximate surface area is 122 Å². The van der Waals surface area contributed by atoms with Crippen LogP contribution < -0.4 is 10.2 Å². The van der Waals surface area contributed by atoms with E-state index in [0.29, 0.717) is 17.9 Å². The van der Waals surface area contributed by atoms with Crippen molar-refractivity contribution in [3.05, 3.63) is 23.6 Å². The summed E-state index contributed by atoms with van der Waals surface area (Å²) in [5, 5.41) is 3.23. The molecule has 0 amide bonds. The zero-order chi connectivity index (χ0) is 15.3.